The fourth-order valence-electron chi connectivity index (χ4n) is 1.54. The maximum absolute atomic E-state index is 9.67. The van der Waals surface area contributed by atoms with E-state index in [0.29, 0.717) is 19.0 Å². The third-order valence-corrected chi connectivity index (χ3v) is 3.04. The van der Waals surface area contributed by atoms with Crippen LogP contribution in [0.15, 0.2) is 22.7 Å². The lowest BCUT2D eigenvalue weighted by Gasteiger charge is -2.14. The smallest absolute Gasteiger partial charge is 0.125 e. The summed E-state index contributed by atoms with van der Waals surface area (Å²) in [6, 6.07) is 5.63. The first-order chi connectivity index (χ1) is 8.65. The largest absolute Gasteiger partial charge is 0.491 e. The van der Waals surface area contributed by atoms with Gasteiger partial charge in [-0.2, -0.15) is 0 Å². The summed E-state index contributed by atoms with van der Waals surface area (Å²) in [7, 11) is 0. The van der Waals surface area contributed by atoms with Crippen LogP contribution in [0.2, 0.25) is 0 Å². The van der Waals surface area contributed by atoms with Crippen molar-refractivity contribution in [2.75, 3.05) is 19.8 Å². The van der Waals surface area contributed by atoms with E-state index in [9.17, 15) is 5.11 Å². The van der Waals surface area contributed by atoms with Crippen molar-refractivity contribution in [1.29, 1.82) is 0 Å². The third kappa shape index (κ3) is 5.38. The minimum Gasteiger partial charge on any atom is -0.491 e. The molecule has 0 saturated carbocycles. The van der Waals surface area contributed by atoms with Crippen LogP contribution in [-0.4, -0.2) is 24.9 Å². The molecule has 0 radical (unpaired) electrons. The standard InChI is InChI=1S/C14H21BrO3/c1-3-4-7-17-8-9-18-14-6-5-12(15)10-13(14)11(2)16/h5-6,10-11,16H,3-4,7-9H2,1-2H3. The SMILES string of the molecule is CCCCOCCOc1ccc(Br)cc1C(C)O. The van der Waals surface area contributed by atoms with E-state index in [1.807, 2.05) is 18.2 Å². The highest BCUT2D eigenvalue weighted by molar-refractivity contribution is 9.10. The first-order valence-corrected chi connectivity index (χ1v) is 7.12. The zero-order valence-corrected chi connectivity index (χ0v) is 12.6. The maximum Gasteiger partial charge on any atom is 0.125 e. The number of unbranched alkanes of at least 4 members (excludes halogenated alkanes) is 1. The Morgan fingerprint density at radius 2 is 2.06 bits per heavy atom. The minimum atomic E-state index is -0.543. The molecule has 0 heterocycles. The monoisotopic (exact) mass is 316 g/mol. The number of hydrogen-bond acceptors (Lipinski definition) is 3. The van der Waals surface area contributed by atoms with Gasteiger partial charge in [-0.25, -0.2) is 0 Å². The van der Waals surface area contributed by atoms with Crippen LogP contribution < -0.4 is 4.74 Å². The van der Waals surface area contributed by atoms with Crippen molar-refractivity contribution in [2.45, 2.75) is 32.8 Å². The number of benzene rings is 1. The second-order valence-corrected chi connectivity index (χ2v) is 5.09. The maximum atomic E-state index is 9.67. The second kappa shape index (κ2) is 8.51. The molecule has 18 heavy (non-hydrogen) atoms. The molecule has 1 aromatic carbocycles. The van der Waals surface area contributed by atoms with E-state index in [1.54, 1.807) is 6.92 Å². The van der Waals surface area contributed by atoms with Crippen LogP contribution in [0.1, 0.15) is 38.4 Å². The molecule has 0 aliphatic rings. The predicted octanol–water partition coefficient (Wildman–Crippen LogP) is 3.70. The van der Waals surface area contributed by atoms with Gasteiger partial charge in [-0.1, -0.05) is 29.3 Å². The molecule has 0 spiro atoms. The minimum absolute atomic E-state index is 0.505. The van der Waals surface area contributed by atoms with E-state index in [-0.39, 0.29) is 0 Å². The molecule has 1 atom stereocenters. The molecule has 1 rings (SSSR count). The highest BCUT2D eigenvalue weighted by Gasteiger charge is 2.09. The molecule has 3 nitrogen and oxygen atoms in total. The summed E-state index contributed by atoms with van der Waals surface area (Å²) in [6.07, 6.45) is 1.68. The lowest BCUT2D eigenvalue weighted by molar-refractivity contribution is 0.0962. The molecular weight excluding hydrogens is 296 g/mol. The van der Waals surface area contributed by atoms with E-state index in [1.165, 1.54) is 0 Å². The van der Waals surface area contributed by atoms with Crippen LogP contribution in [0.5, 0.6) is 5.75 Å². The van der Waals surface area contributed by atoms with Crippen molar-refractivity contribution in [1.82, 2.24) is 0 Å². The van der Waals surface area contributed by atoms with Gasteiger partial charge in [0.2, 0.25) is 0 Å². The molecule has 1 N–H and O–H groups in total. The van der Waals surface area contributed by atoms with E-state index < -0.39 is 6.10 Å². The van der Waals surface area contributed by atoms with E-state index in [0.717, 1.165) is 29.5 Å². The third-order valence-electron chi connectivity index (χ3n) is 2.55. The van der Waals surface area contributed by atoms with Crippen LogP contribution in [0, 0.1) is 0 Å². The molecule has 0 aromatic heterocycles. The van der Waals surface area contributed by atoms with Gasteiger partial charge in [0.1, 0.15) is 12.4 Å². The van der Waals surface area contributed by atoms with Crippen molar-refractivity contribution >= 4 is 15.9 Å². The van der Waals surface area contributed by atoms with Crippen LogP contribution >= 0.6 is 15.9 Å². The number of aliphatic hydroxyl groups is 1. The summed E-state index contributed by atoms with van der Waals surface area (Å²) < 4.78 is 12.0. The Morgan fingerprint density at radius 3 is 2.72 bits per heavy atom. The van der Waals surface area contributed by atoms with Gasteiger partial charge in [0.05, 0.1) is 12.7 Å². The number of aliphatic hydroxyl groups excluding tert-OH is 1. The highest BCUT2D eigenvalue weighted by Crippen LogP contribution is 2.28. The molecule has 4 heteroatoms. The molecule has 0 saturated heterocycles. The summed E-state index contributed by atoms with van der Waals surface area (Å²) in [5.41, 5.74) is 0.790. The number of hydrogen-bond donors (Lipinski definition) is 1. The zero-order valence-electron chi connectivity index (χ0n) is 11.0. The van der Waals surface area contributed by atoms with Crippen LogP contribution in [0.25, 0.3) is 0 Å². The molecule has 0 aliphatic carbocycles. The quantitative estimate of drug-likeness (QED) is 0.743. The van der Waals surface area contributed by atoms with Crippen molar-refractivity contribution < 1.29 is 14.6 Å². The first kappa shape index (κ1) is 15.5. The molecule has 0 bridgehead atoms. The number of ether oxygens (including phenoxy) is 2. The van der Waals surface area contributed by atoms with Gasteiger partial charge >= 0.3 is 0 Å². The van der Waals surface area contributed by atoms with Gasteiger partial charge in [0, 0.05) is 16.6 Å². The fourth-order valence-corrected chi connectivity index (χ4v) is 1.92. The lowest BCUT2D eigenvalue weighted by atomic mass is 10.1. The van der Waals surface area contributed by atoms with Crippen LogP contribution in [0.4, 0.5) is 0 Å². The Labute approximate surface area is 117 Å². The van der Waals surface area contributed by atoms with Gasteiger partial charge in [0.15, 0.2) is 0 Å². The molecule has 0 amide bonds. The summed E-state index contributed by atoms with van der Waals surface area (Å²) in [5, 5.41) is 9.67. The average Bonchev–Trinajstić information content (AvgIpc) is 2.35. The summed E-state index contributed by atoms with van der Waals surface area (Å²) >= 11 is 3.38. The molecule has 1 unspecified atom stereocenters. The second-order valence-electron chi connectivity index (χ2n) is 4.17. The Kier molecular flexibility index (Phi) is 7.32. The lowest BCUT2D eigenvalue weighted by Crippen LogP contribution is -2.09. The molecule has 1 aromatic rings. The van der Waals surface area contributed by atoms with E-state index >= 15 is 0 Å². The Hall–Kier alpha value is -0.580. The van der Waals surface area contributed by atoms with Gasteiger partial charge in [0.25, 0.3) is 0 Å². The van der Waals surface area contributed by atoms with Gasteiger partial charge in [-0.15, -0.1) is 0 Å². The molecule has 0 fully saturated rings. The van der Waals surface area contributed by atoms with Crippen LogP contribution in [0.3, 0.4) is 0 Å². The molecular formula is C14H21BrO3. The Bertz CT molecular complexity index is 353. The van der Waals surface area contributed by atoms with Gasteiger partial charge < -0.3 is 14.6 Å². The van der Waals surface area contributed by atoms with Gasteiger partial charge in [-0.05, 0) is 31.5 Å². The molecule has 102 valence electrons. The summed E-state index contributed by atoms with van der Waals surface area (Å²) in [4.78, 5) is 0. The topological polar surface area (TPSA) is 38.7 Å². The fraction of sp³-hybridized carbons (Fsp3) is 0.571. The van der Waals surface area contributed by atoms with Crippen molar-refractivity contribution in [3.8, 4) is 5.75 Å². The number of halogens is 1. The van der Waals surface area contributed by atoms with Crippen LogP contribution in [-0.2, 0) is 4.74 Å². The molecule has 0 aliphatic heterocycles. The normalized spacial score (nSPS) is 12.4. The van der Waals surface area contributed by atoms with Crippen molar-refractivity contribution in [3.63, 3.8) is 0 Å². The van der Waals surface area contributed by atoms with Crippen molar-refractivity contribution in [3.05, 3.63) is 28.2 Å². The highest BCUT2D eigenvalue weighted by atomic mass is 79.9. The number of rotatable bonds is 8. The van der Waals surface area contributed by atoms with E-state index in [2.05, 4.69) is 22.9 Å². The predicted molar refractivity (Wildman–Crippen MR) is 76.0 cm³/mol. The average molecular weight is 317 g/mol. The Balaban J connectivity index is 2.42. The zero-order chi connectivity index (χ0) is 13.4. The summed E-state index contributed by atoms with van der Waals surface area (Å²) in [6.45, 7) is 5.73. The summed E-state index contributed by atoms with van der Waals surface area (Å²) in [5.74, 6) is 0.715. The van der Waals surface area contributed by atoms with E-state index in [4.69, 9.17) is 9.47 Å². The van der Waals surface area contributed by atoms with Crippen molar-refractivity contribution in [2.24, 2.45) is 0 Å². The Morgan fingerprint density at radius 1 is 1.28 bits per heavy atom. The first-order valence-electron chi connectivity index (χ1n) is 6.33. The van der Waals surface area contributed by atoms with Gasteiger partial charge in [-0.3, -0.25) is 0 Å².